The highest BCUT2D eigenvalue weighted by molar-refractivity contribution is 9.10. The number of aliphatic hydroxyl groups excluding tert-OH is 1. The number of aromatic nitrogens is 1. The van der Waals surface area contributed by atoms with Gasteiger partial charge in [-0.15, -0.1) is 0 Å². The summed E-state index contributed by atoms with van der Waals surface area (Å²) in [5.41, 5.74) is 3.22. The number of alkyl halides is 1. The minimum Gasteiger partial charge on any atom is -0.468 e. The van der Waals surface area contributed by atoms with Crippen LogP contribution in [0.25, 0.3) is 10.9 Å². The first-order valence-electron chi connectivity index (χ1n) is 9.28. The summed E-state index contributed by atoms with van der Waals surface area (Å²) in [5.74, 6) is 1.34. The Bertz CT molecular complexity index is 792. The van der Waals surface area contributed by atoms with Crippen LogP contribution in [0.15, 0.2) is 18.2 Å². The van der Waals surface area contributed by atoms with Crippen LogP contribution in [0.5, 0.6) is 5.75 Å². The normalized spacial score (nSPS) is 22.0. The fourth-order valence-electron chi connectivity index (χ4n) is 4.53. The lowest BCUT2D eigenvalue weighted by Gasteiger charge is -2.23. The number of rotatable bonds is 3. The van der Waals surface area contributed by atoms with E-state index in [-0.39, 0.29) is 17.4 Å². The number of Topliss-reactive ketones (excluding diaryl/α,β-unsaturated/α-hetero) is 1. The van der Waals surface area contributed by atoms with Crippen LogP contribution >= 0.6 is 15.9 Å². The van der Waals surface area contributed by atoms with Crippen LogP contribution in [0.2, 0.25) is 0 Å². The first-order valence-corrected chi connectivity index (χ1v) is 10.2. The Kier molecular flexibility index (Phi) is 4.87. The van der Waals surface area contributed by atoms with E-state index in [2.05, 4.69) is 26.6 Å². The molecular weight excluding hydrogens is 382 g/mol. The number of carbonyl (C=O) groups is 1. The van der Waals surface area contributed by atoms with Gasteiger partial charge in [-0.25, -0.2) is 0 Å². The third-order valence-corrected chi connectivity index (χ3v) is 6.55. The number of nitrogens with zero attached hydrogens (tertiary/aromatic N) is 1. The molecule has 2 heterocycles. The number of ketones is 1. The number of benzene rings is 1. The molecule has 0 radical (unpaired) electrons. The fraction of sp³-hybridized carbons (Fsp3) is 0.550. The fourth-order valence-corrected chi connectivity index (χ4v) is 5.07. The van der Waals surface area contributed by atoms with Gasteiger partial charge >= 0.3 is 0 Å². The van der Waals surface area contributed by atoms with Crippen molar-refractivity contribution in [3.05, 3.63) is 29.5 Å². The largest absolute Gasteiger partial charge is 0.468 e. The van der Waals surface area contributed by atoms with Gasteiger partial charge in [0.25, 0.3) is 0 Å². The number of aliphatic hydroxyl groups is 1. The minimum absolute atomic E-state index is 0.0893. The van der Waals surface area contributed by atoms with E-state index in [1.54, 1.807) is 0 Å². The molecule has 4 nitrogen and oxygen atoms in total. The molecule has 0 amide bonds. The van der Waals surface area contributed by atoms with Crippen LogP contribution in [-0.2, 0) is 6.54 Å². The molecule has 2 aromatic rings. The molecule has 1 N–H and O–H groups in total. The Morgan fingerprint density at radius 1 is 1.16 bits per heavy atom. The number of hydrogen-bond acceptors (Lipinski definition) is 3. The van der Waals surface area contributed by atoms with Crippen LogP contribution in [0, 0.1) is 0 Å². The molecule has 25 heavy (non-hydrogen) atoms. The van der Waals surface area contributed by atoms with Crippen LogP contribution in [0.1, 0.15) is 66.9 Å². The van der Waals surface area contributed by atoms with Crippen molar-refractivity contribution in [2.24, 2.45) is 0 Å². The Balaban J connectivity index is 1.94. The Morgan fingerprint density at radius 3 is 2.72 bits per heavy atom. The molecule has 134 valence electrons. The van der Waals surface area contributed by atoms with Gasteiger partial charge < -0.3 is 14.4 Å². The predicted molar refractivity (Wildman–Crippen MR) is 102 cm³/mol. The van der Waals surface area contributed by atoms with E-state index in [9.17, 15) is 4.79 Å². The second kappa shape index (κ2) is 7.12. The van der Waals surface area contributed by atoms with Crippen molar-refractivity contribution in [3.8, 4) is 5.75 Å². The number of hydrogen-bond donors (Lipinski definition) is 1. The molecule has 1 aliphatic carbocycles. The highest BCUT2D eigenvalue weighted by Crippen LogP contribution is 2.42. The summed E-state index contributed by atoms with van der Waals surface area (Å²) in [6.07, 6.45) is 7.98. The van der Waals surface area contributed by atoms with Gasteiger partial charge in [-0.3, -0.25) is 4.79 Å². The molecule has 5 heteroatoms. The number of fused-ring (bicyclic) bond motifs is 3. The van der Waals surface area contributed by atoms with Crippen LogP contribution in [0.4, 0.5) is 0 Å². The SMILES string of the molecule is O=C1c2c(C3CCCCC3)c3ccc(OCO)cc3n2CCCC1Br. The molecular formula is C20H24BrNO3. The van der Waals surface area contributed by atoms with E-state index >= 15 is 0 Å². The predicted octanol–water partition coefficient (Wildman–Crippen LogP) is 4.76. The summed E-state index contributed by atoms with van der Waals surface area (Å²) >= 11 is 3.61. The van der Waals surface area contributed by atoms with Crippen molar-refractivity contribution in [1.29, 1.82) is 0 Å². The summed E-state index contributed by atoms with van der Waals surface area (Å²) in [5, 5.41) is 10.3. The highest BCUT2D eigenvalue weighted by atomic mass is 79.9. The minimum atomic E-state index is -0.336. The molecule has 0 spiro atoms. The Hall–Kier alpha value is -1.33. The summed E-state index contributed by atoms with van der Waals surface area (Å²) < 4.78 is 7.49. The third kappa shape index (κ3) is 3.02. The van der Waals surface area contributed by atoms with Gasteiger partial charge in [-0.1, -0.05) is 35.2 Å². The second-order valence-corrected chi connectivity index (χ2v) is 8.28. The first kappa shape index (κ1) is 17.1. The smallest absolute Gasteiger partial charge is 0.193 e. The molecule has 1 aromatic heterocycles. The molecule has 1 aromatic carbocycles. The summed E-state index contributed by atoms with van der Waals surface area (Å²) in [7, 11) is 0. The molecule has 1 aliphatic heterocycles. The van der Waals surface area contributed by atoms with Crippen molar-refractivity contribution < 1.29 is 14.6 Å². The zero-order chi connectivity index (χ0) is 17.4. The van der Waals surface area contributed by atoms with Gasteiger partial charge in [0.2, 0.25) is 0 Å². The second-order valence-electron chi connectivity index (χ2n) is 7.18. The molecule has 4 rings (SSSR count). The maximum absolute atomic E-state index is 13.1. The average Bonchev–Trinajstić information content (AvgIpc) is 2.87. The van der Waals surface area contributed by atoms with Gasteiger partial charge in [0.05, 0.1) is 16.0 Å². The van der Waals surface area contributed by atoms with E-state index in [0.717, 1.165) is 30.6 Å². The zero-order valence-corrected chi connectivity index (χ0v) is 15.9. The van der Waals surface area contributed by atoms with Gasteiger partial charge in [0, 0.05) is 18.0 Å². The van der Waals surface area contributed by atoms with Crippen molar-refractivity contribution >= 4 is 32.6 Å². The molecule has 1 fully saturated rings. The van der Waals surface area contributed by atoms with Crippen LogP contribution in [0.3, 0.4) is 0 Å². The Labute approximate surface area is 156 Å². The quantitative estimate of drug-likeness (QED) is 0.591. The summed E-state index contributed by atoms with van der Waals surface area (Å²) in [6, 6.07) is 5.95. The highest BCUT2D eigenvalue weighted by Gasteiger charge is 2.33. The van der Waals surface area contributed by atoms with Crippen LogP contribution < -0.4 is 4.74 Å². The molecule has 2 aliphatic rings. The molecule has 1 saturated carbocycles. The lowest BCUT2D eigenvalue weighted by Crippen LogP contribution is -2.18. The maximum Gasteiger partial charge on any atom is 0.193 e. The lowest BCUT2D eigenvalue weighted by atomic mass is 9.82. The Morgan fingerprint density at radius 2 is 1.96 bits per heavy atom. The van der Waals surface area contributed by atoms with Gasteiger partial charge in [-0.2, -0.15) is 0 Å². The van der Waals surface area contributed by atoms with E-state index in [1.807, 2.05) is 12.1 Å². The average molecular weight is 406 g/mol. The van der Waals surface area contributed by atoms with E-state index in [4.69, 9.17) is 9.84 Å². The van der Waals surface area contributed by atoms with Gasteiger partial charge in [-0.05, 0) is 49.3 Å². The van der Waals surface area contributed by atoms with Crippen LogP contribution in [-0.4, -0.2) is 27.1 Å². The zero-order valence-electron chi connectivity index (χ0n) is 14.3. The third-order valence-electron chi connectivity index (χ3n) is 5.68. The number of halogens is 1. The summed E-state index contributed by atoms with van der Waals surface area (Å²) in [6.45, 7) is 0.520. The number of carbonyl (C=O) groups excluding carboxylic acids is 1. The lowest BCUT2D eigenvalue weighted by molar-refractivity contribution is 0.0978. The first-order chi connectivity index (χ1) is 12.2. The van der Waals surface area contributed by atoms with Gasteiger partial charge in [0.15, 0.2) is 12.6 Å². The van der Waals surface area contributed by atoms with E-state index in [0.29, 0.717) is 11.7 Å². The van der Waals surface area contributed by atoms with E-state index in [1.165, 1.54) is 43.1 Å². The summed E-state index contributed by atoms with van der Waals surface area (Å²) in [4.78, 5) is 13.1. The molecule has 0 saturated heterocycles. The molecule has 1 unspecified atom stereocenters. The molecule has 0 bridgehead atoms. The topological polar surface area (TPSA) is 51.5 Å². The maximum atomic E-state index is 13.1. The van der Waals surface area contributed by atoms with Crippen molar-refractivity contribution in [2.45, 2.75) is 62.2 Å². The van der Waals surface area contributed by atoms with Crippen molar-refractivity contribution in [2.75, 3.05) is 6.79 Å². The van der Waals surface area contributed by atoms with Crippen molar-refractivity contribution in [3.63, 3.8) is 0 Å². The van der Waals surface area contributed by atoms with Crippen molar-refractivity contribution in [1.82, 2.24) is 4.57 Å². The number of aryl methyl sites for hydroxylation is 1. The number of ether oxygens (including phenoxy) is 1. The van der Waals surface area contributed by atoms with Gasteiger partial charge in [0.1, 0.15) is 5.75 Å². The monoisotopic (exact) mass is 405 g/mol. The molecule has 1 atom stereocenters. The van der Waals surface area contributed by atoms with E-state index < -0.39 is 0 Å². The standard InChI is InChI=1S/C20H24BrNO3/c21-16-7-4-10-22-17-11-14(25-12-23)8-9-15(17)18(19(22)20(16)24)13-5-2-1-3-6-13/h8-9,11,13,16,23H,1-7,10,12H2.